The predicted molar refractivity (Wildman–Crippen MR) is 112 cm³/mol. The lowest BCUT2D eigenvalue weighted by atomic mass is 10.00. The van der Waals surface area contributed by atoms with Crippen LogP contribution < -0.4 is 10.1 Å². The average molecular weight is 392 g/mol. The highest BCUT2D eigenvalue weighted by molar-refractivity contribution is 6.31. The number of amides is 1. The molecule has 3 aromatic rings. The van der Waals surface area contributed by atoms with E-state index >= 15 is 0 Å². The number of nitrogens with one attached hydrogen (secondary N) is 1. The lowest BCUT2D eigenvalue weighted by Crippen LogP contribution is -2.20. The zero-order valence-corrected chi connectivity index (χ0v) is 15.9. The Bertz CT molecular complexity index is 1010. The number of rotatable bonds is 6. The van der Waals surface area contributed by atoms with E-state index in [2.05, 4.69) is 5.32 Å². The van der Waals surface area contributed by atoms with Crippen LogP contribution in [0.15, 0.2) is 84.4 Å². The van der Waals surface area contributed by atoms with Crippen molar-refractivity contribution in [2.24, 2.45) is 0 Å². The summed E-state index contributed by atoms with van der Waals surface area (Å²) in [5, 5.41) is 3.34. The fraction of sp³-hybridized carbons (Fsp3) is 0.0435. The van der Waals surface area contributed by atoms with Crippen LogP contribution in [0.2, 0.25) is 5.02 Å². The first kappa shape index (κ1) is 19.4. The summed E-state index contributed by atoms with van der Waals surface area (Å²) in [7, 11) is 1.55. The Morgan fingerprint density at radius 1 is 0.929 bits per heavy atom. The third-order valence-electron chi connectivity index (χ3n) is 4.03. The van der Waals surface area contributed by atoms with Gasteiger partial charge in [0.2, 0.25) is 0 Å². The van der Waals surface area contributed by atoms with Gasteiger partial charge < -0.3 is 10.1 Å². The normalized spacial score (nSPS) is 11.0. The number of methoxy groups -OCH3 is 1. The first-order chi connectivity index (χ1) is 13.6. The van der Waals surface area contributed by atoms with Gasteiger partial charge in [-0.15, -0.1) is 0 Å². The minimum absolute atomic E-state index is 0.0244. The van der Waals surface area contributed by atoms with Crippen LogP contribution >= 0.6 is 11.6 Å². The molecule has 0 heterocycles. The first-order valence-electron chi connectivity index (χ1n) is 8.59. The molecule has 3 aromatic carbocycles. The third kappa shape index (κ3) is 4.87. The van der Waals surface area contributed by atoms with Crippen LogP contribution in [0.25, 0.3) is 6.08 Å². The highest BCUT2D eigenvalue weighted by Gasteiger charge is 2.20. The van der Waals surface area contributed by atoms with Crippen molar-refractivity contribution in [2.75, 3.05) is 12.4 Å². The maximum Gasteiger partial charge on any atom is 0.259 e. The largest absolute Gasteiger partial charge is 0.497 e. The molecule has 0 aromatic heterocycles. The van der Waals surface area contributed by atoms with Crippen molar-refractivity contribution in [3.63, 3.8) is 0 Å². The van der Waals surface area contributed by atoms with Crippen LogP contribution in [-0.4, -0.2) is 18.8 Å². The van der Waals surface area contributed by atoms with E-state index in [0.717, 1.165) is 0 Å². The van der Waals surface area contributed by atoms with Crippen molar-refractivity contribution in [1.82, 2.24) is 0 Å². The summed E-state index contributed by atoms with van der Waals surface area (Å²) in [5.74, 6) is -0.261. The maximum atomic E-state index is 13.0. The molecular formula is C23H18ClNO3. The van der Waals surface area contributed by atoms with Crippen LogP contribution in [0.3, 0.4) is 0 Å². The van der Waals surface area contributed by atoms with E-state index in [1.807, 2.05) is 6.07 Å². The quantitative estimate of drug-likeness (QED) is 0.270. The molecule has 0 saturated carbocycles. The van der Waals surface area contributed by atoms with Gasteiger partial charge in [-0.2, -0.15) is 0 Å². The van der Waals surface area contributed by atoms with Gasteiger partial charge in [0.25, 0.3) is 5.91 Å². The van der Waals surface area contributed by atoms with Gasteiger partial charge in [0, 0.05) is 22.3 Å². The van der Waals surface area contributed by atoms with Crippen molar-refractivity contribution in [3.05, 3.63) is 101 Å². The number of anilines is 1. The minimum atomic E-state index is -0.503. The summed E-state index contributed by atoms with van der Waals surface area (Å²) in [4.78, 5) is 25.9. The number of carbonyl (C=O) groups is 2. The molecule has 0 fully saturated rings. The number of benzene rings is 3. The van der Waals surface area contributed by atoms with E-state index in [4.69, 9.17) is 16.3 Å². The topological polar surface area (TPSA) is 55.4 Å². The molecule has 4 nitrogen and oxygen atoms in total. The zero-order chi connectivity index (χ0) is 19.9. The number of ketones is 1. The maximum absolute atomic E-state index is 13.0. The Labute approximate surface area is 168 Å². The van der Waals surface area contributed by atoms with Crippen molar-refractivity contribution < 1.29 is 14.3 Å². The first-order valence-corrected chi connectivity index (χ1v) is 8.97. The summed E-state index contributed by atoms with van der Waals surface area (Å²) in [6.45, 7) is 0. The molecule has 140 valence electrons. The third-order valence-corrected chi connectivity index (χ3v) is 4.29. The molecule has 28 heavy (non-hydrogen) atoms. The van der Waals surface area contributed by atoms with Crippen LogP contribution in [0.4, 0.5) is 5.69 Å². The van der Waals surface area contributed by atoms with E-state index in [1.165, 1.54) is 0 Å². The second kappa shape index (κ2) is 9.02. The molecule has 0 spiro atoms. The Hall–Kier alpha value is -3.37. The Kier molecular flexibility index (Phi) is 6.25. The molecule has 0 saturated heterocycles. The molecule has 0 bridgehead atoms. The van der Waals surface area contributed by atoms with Gasteiger partial charge in [0.05, 0.1) is 12.7 Å². The Morgan fingerprint density at radius 2 is 1.64 bits per heavy atom. The molecule has 5 heteroatoms. The average Bonchev–Trinajstić information content (AvgIpc) is 2.73. The summed E-state index contributed by atoms with van der Waals surface area (Å²) < 4.78 is 5.18. The minimum Gasteiger partial charge on any atom is -0.497 e. The zero-order valence-electron chi connectivity index (χ0n) is 15.2. The molecule has 0 radical (unpaired) electrons. The number of hydrogen-bond donors (Lipinski definition) is 1. The fourth-order valence-electron chi connectivity index (χ4n) is 2.60. The molecule has 1 amide bonds. The lowest BCUT2D eigenvalue weighted by Gasteiger charge is -2.10. The molecule has 0 atom stereocenters. The van der Waals surface area contributed by atoms with E-state index in [0.29, 0.717) is 27.6 Å². The van der Waals surface area contributed by atoms with Crippen molar-refractivity contribution in [2.45, 2.75) is 0 Å². The molecule has 0 unspecified atom stereocenters. The number of halogens is 1. The van der Waals surface area contributed by atoms with Crippen LogP contribution in [0.1, 0.15) is 15.9 Å². The Morgan fingerprint density at radius 3 is 2.32 bits per heavy atom. The molecule has 1 N–H and O–H groups in total. The van der Waals surface area contributed by atoms with Crippen molar-refractivity contribution in [3.8, 4) is 5.75 Å². The monoisotopic (exact) mass is 391 g/mol. The number of ether oxygens (including phenoxy) is 1. The van der Waals surface area contributed by atoms with Gasteiger partial charge in [0.1, 0.15) is 5.75 Å². The van der Waals surface area contributed by atoms with Crippen molar-refractivity contribution >= 4 is 35.1 Å². The highest BCUT2D eigenvalue weighted by Crippen LogP contribution is 2.20. The summed E-state index contributed by atoms with van der Waals surface area (Å²) >= 11 is 5.93. The second-order valence-corrected chi connectivity index (χ2v) is 6.43. The summed E-state index contributed by atoms with van der Waals surface area (Å²) in [6.07, 6.45) is 1.56. The van der Waals surface area contributed by atoms with E-state index in [1.54, 1.807) is 86.0 Å². The van der Waals surface area contributed by atoms with E-state index in [9.17, 15) is 9.59 Å². The summed E-state index contributed by atoms with van der Waals surface area (Å²) in [5.41, 5.74) is 1.69. The van der Waals surface area contributed by atoms with Crippen molar-refractivity contribution in [1.29, 1.82) is 0 Å². The van der Waals surface area contributed by atoms with Crippen LogP contribution in [-0.2, 0) is 4.79 Å². The number of carbonyl (C=O) groups excluding carboxylic acids is 2. The van der Waals surface area contributed by atoms with Gasteiger partial charge in [-0.1, -0.05) is 60.1 Å². The predicted octanol–water partition coefficient (Wildman–Crippen LogP) is 5.25. The lowest BCUT2D eigenvalue weighted by molar-refractivity contribution is -0.112. The number of Topliss-reactive ketones (excluding diaryl/α,β-unsaturated/α-hetero) is 1. The standard InChI is InChI=1S/C23H18ClNO3/c1-28-20-9-5-8-19(15-20)25-23(27)21(14-16-10-12-18(24)13-11-16)22(26)17-6-3-2-4-7-17/h2-15H,1H3,(H,25,27)/b21-14+. The molecular weight excluding hydrogens is 374 g/mol. The van der Waals surface area contributed by atoms with Gasteiger partial charge in [-0.25, -0.2) is 0 Å². The number of hydrogen-bond acceptors (Lipinski definition) is 3. The van der Waals surface area contributed by atoms with Gasteiger partial charge in [-0.05, 0) is 35.9 Å². The van der Waals surface area contributed by atoms with E-state index in [-0.39, 0.29) is 11.4 Å². The van der Waals surface area contributed by atoms with E-state index < -0.39 is 5.91 Å². The van der Waals surface area contributed by atoms with Gasteiger partial charge in [-0.3, -0.25) is 9.59 Å². The fourth-order valence-corrected chi connectivity index (χ4v) is 2.73. The molecule has 0 aliphatic rings. The van der Waals surface area contributed by atoms with Crippen LogP contribution in [0, 0.1) is 0 Å². The van der Waals surface area contributed by atoms with Gasteiger partial charge in [0.15, 0.2) is 5.78 Å². The molecule has 0 aliphatic heterocycles. The summed E-state index contributed by atoms with van der Waals surface area (Å²) in [6, 6.07) is 22.5. The second-order valence-electron chi connectivity index (χ2n) is 5.99. The highest BCUT2D eigenvalue weighted by atomic mass is 35.5. The van der Waals surface area contributed by atoms with Gasteiger partial charge >= 0.3 is 0 Å². The smallest absolute Gasteiger partial charge is 0.259 e. The molecule has 3 rings (SSSR count). The Balaban J connectivity index is 1.96. The van der Waals surface area contributed by atoms with Crippen LogP contribution in [0.5, 0.6) is 5.75 Å². The molecule has 0 aliphatic carbocycles. The SMILES string of the molecule is COc1cccc(NC(=O)/C(=C/c2ccc(Cl)cc2)C(=O)c2ccccc2)c1.